The summed E-state index contributed by atoms with van der Waals surface area (Å²) < 4.78 is 6.24. The predicted octanol–water partition coefficient (Wildman–Crippen LogP) is 3.40. The van der Waals surface area contributed by atoms with E-state index in [1.807, 2.05) is 0 Å². The molecule has 6 unspecified atom stereocenters. The first-order chi connectivity index (χ1) is 7.88. The van der Waals surface area contributed by atoms with E-state index < -0.39 is 0 Å². The summed E-state index contributed by atoms with van der Waals surface area (Å²) in [6.07, 6.45) is 14.1. The first-order valence-corrected chi connectivity index (χ1v) is 7.18. The summed E-state index contributed by atoms with van der Waals surface area (Å²) in [5, 5.41) is 0. The molecular formula is C15H22O. The van der Waals surface area contributed by atoms with E-state index in [1.54, 1.807) is 0 Å². The van der Waals surface area contributed by atoms with Crippen LogP contribution in [0.25, 0.3) is 0 Å². The van der Waals surface area contributed by atoms with Crippen LogP contribution in [0.4, 0.5) is 0 Å². The predicted molar refractivity (Wildman–Crippen MR) is 64.0 cm³/mol. The van der Waals surface area contributed by atoms with Crippen LogP contribution in [-0.4, -0.2) is 12.7 Å². The molecule has 4 bridgehead atoms. The van der Waals surface area contributed by atoms with Crippen LogP contribution in [-0.2, 0) is 4.74 Å². The Morgan fingerprint density at radius 2 is 2.00 bits per heavy atom. The van der Waals surface area contributed by atoms with Crippen LogP contribution in [0.3, 0.4) is 0 Å². The molecule has 4 rings (SSSR count). The molecule has 88 valence electrons. The van der Waals surface area contributed by atoms with Crippen molar-refractivity contribution in [3.05, 3.63) is 12.2 Å². The number of ether oxygens (including phenoxy) is 1. The topological polar surface area (TPSA) is 9.23 Å². The van der Waals surface area contributed by atoms with Crippen molar-refractivity contribution in [2.75, 3.05) is 6.61 Å². The highest BCUT2D eigenvalue weighted by molar-refractivity contribution is 5.10. The Kier molecular flexibility index (Phi) is 2.18. The third kappa shape index (κ3) is 1.48. The van der Waals surface area contributed by atoms with E-state index in [-0.39, 0.29) is 0 Å². The fourth-order valence-corrected chi connectivity index (χ4v) is 4.72. The van der Waals surface area contributed by atoms with E-state index in [9.17, 15) is 0 Å². The molecule has 0 aromatic heterocycles. The lowest BCUT2D eigenvalue weighted by molar-refractivity contribution is -0.00704. The van der Waals surface area contributed by atoms with Crippen LogP contribution in [0.15, 0.2) is 12.2 Å². The summed E-state index contributed by atoms with van der Waals surface area (Å²) in [7, 11) is 0. The van der Waals surface area contributed by atoms with Crippen LogP contribution in [0.5, 0.6) is 0 Å². The SMILES string of the molecule is C1=CC2CC1CC2COC1CC2CCC1C2. The van der Waals surface area contributed by atoms with Crippen LogP contribution in [0, 0.1) is 29.6 Å². The van der Waals surface area contributed by atoms with Gasteiger partial charge in [-0.2, -0.15) is 0 Å². The van der Waals surface area contributed by atoms with Crippen LogP contribution < -0.4 is 0 Å². The molecule has 0 heterocycles. The number of fused-ring (bicyclic) bond motifs is 4. The van der Waals surface area contributed by atoms with Gasteiger partial charge < -0.3 is 4.74 Å². The van der Waals surface area contributed by atoms with Crippen molar-refractivity contribution < 1.29 is 4.74 Å². The van der Waals surface area contributed by atoms with Gasteiger partial charge in [-0.05, 0) is 68.1 Å². The molecule has 4 aliphatic carbocycles. The van der Waals surface area contributed by atoms with E-state index in [0.29, 0.717) is 6.10 Å². The van der Waals surface area contributed by atoms with Gasteiger partial charge in [0.1, 0.15) is 0 Å². The molecule has 0 saturated heterocycles. The van der Waals surface area contributed by atoms with Crippen LogP contribution >= 0.6 is 0 Å². The van der Waals surface area contributed by atoms with Gasteiger partial charge in [0.15, 0.2) is 0 Å². The Bertz CT molecular complexity index is 309. The summed E-state index contributed by atoms with van der Waals surface area (Å²) in [5.74, 6) is 4.57. The van der Waals surface area contributed by atoms with E-state index in [0.717, 1.165) is 36.2 Å². The minimum atomic E-state index is 0.641. The number of hydrogen-bond acceptors (Lipinski definition) is 1. The highest BCUT2D eigenvalue weighted by Gasteiger charge is 2.41. The Hall–Kier alpha value is -0.300. The van der Waals surface area contributed by atoms with Gasteiger partial charge in [-0.15, -0.1) is 0 Å². The van der Waals surface area contributed by atoms with Crippen molar-refractivity contribution in [1.82, 2.24) is 0 Å². The minimum absolute atomic E-state index is 0.641. The Morgan fingerprint density at radius 3 is 2.62 bits per heavy atom. The van der Waals surface area contributed by atoms with Crippen molar-refractivity contribution >= 4 is 0 Å². The quantitative estimate of drug-likeness (QED) is 0.660. The molecule has 0 N–H and O–H groups in total. The van der Waals surface area contributed by atoms with Gasteiger partial charge in [-0.1, -0.05) is 12.2 Å². The van der Waals surface area contributed by atoms with E-state index in [1.165, 1.54) is 38.5 Å². The number of hydrogen-bond donors (Lipinski definition) is 0. The smallest absolute Gasteiger partial charge is 0.0606 e. The van der Waals surface area contributed by atoms with Crippen molar-refractivity contribution in [1.29, 1.82) is 0 Å². The molecule has 0 radical (unpaired) electrons. The fraction of sp³-hybridized carbons (Fsp3) is 0.867. The summed E-state index contributed by atoms with van der Waals surface area (Å²) in [5.41, 5.74) is 0. The van der Waals surface area contributed by atoms with Gasteiger partial charge >= 0.3 is 0 Å². The van der Waals surface area contributed by atoms with E-state index in [4.69, 9.17) is 4.74 Å². The molecule has 3 saturated carbocycles. The molecule has 1 heteroatoms. The first kappa shape index (κ1) is 9.70. The van der Waals surface area contributed by atoms with Crippen molar-refractivity contribution in [3.63, 3.8) is 0 Å². The molecule has 6 atom stereocenters. The summed E-state index contributed by atoms with van der Waals surface area (Å²) in [4.78, 5) is 0. The molecule has 16 heavy (non-hydrogen) atoms. The standard InChI is InChI=1S/C15H22O/c1-3-12-5-10(1)7-14(12)9-16-15-8-11-2-4-13(15)6-11/h1,3,10-15H,2,4-9H2. The lowest BCUT2D eigenvalue weighted by Crippen LogP contribution is -2.25. The van der Waals surface area contributed by atoms with Gasteiger partial charge in [0.25, 0.3) is 0 Å². The highest BCUT2D eigenvalue weighted by atomic mass is 16.5. The molecule has 0 spiro atoms. The van der Waals surface area contributed by atoms with Crippen molar-refractivity contribution in [2.24, 2.45) is 29.6 Å². The first-order valence-electron chi connectivity index (χ1n) is 7.18. The lowest BCUT2D eigenvalue weighted by Gasteiger charge is -2.25. The van der Waals surface area contributed by atoms with Gasteiger partial charge in [-0.25, -0.2) is 0 Å². The second kappa shape index (κ2) is 3.60. The van der Waals surface area contributed by atoms with Gasteiger partial charge in [-0.3, -0.25) is 0 Å². The molecule has 1 nitrogen and oxygen atoms in total. The zero-order valence-electron chi connectivity index (χ0n) is 9.98. The molecule has 3 fully saturated rings. The number of rotatable bonds is 3. The van der Waals surface area contributed by atoms with E-state index >= 15 is 0 Å². The molecule has 4 aliphatic rings. The minimum Gasteiger partial charge on any atom is -0.378 e. The molecule has 0 aliphatic heterocycles. The van der Waals surface area contributed by atoms with E-state index in [2.05, 4.69) is 12.2 Å². The molecular weight excluding hydrogens is 196 g/mol. The Labute approximate surface area is 98.2 Å². The summed E-state index contributed by atoms with van der Waals surface area (Å²) in [6.45, 7) is 1.05. The maximum Gasteiger partial charge on any atom is 0.0606 e. The van der Waals surface area contributed by atoms with Gasteiger partial charge in [0, 0.05) is 0 Å². The van der Waals surface area contributed by atoms with Crippen molar-refractivity contribution in [3.8, 4) is 0 Å². The largest absolute Gasteiger partial charge is 0.378 e. The van der Waals surface area contributed by atoms with Crippen LogP contribution in [0.1, 0.15) is 38.5 Å². The van der Waals surface area contributed by atoms with Crippen LogP contribution in [0.2, 0.25) is 0 Å². The third-order valence-corrected chi connectivity index (χ3v) is 5.61. The fourth-order valence-electron chi connectivity index (χ4n) is 4.72. The maximum atomic E-state index is 6.24. The summed E-state index contributed by atoms with van der Waals surface area (Å²) in [6, 6.07) is 0. The molecule has 0 amide bonds. The lowest BCUT2D eigenvalue weighted by atomic mass is 9.94. The Balaban J connectivity index is 1.32. The Morgan fingerprint density at radius 1 is 1.00 bits per heavy atom. The highest BCUT2D eigenvalue weighted by Crippen LogP contribution is 2.47. The van der Waals surface area contributed by atoms with Crippen molar-refractivity contribution in [2.45, 2.75) is 44.6 Å². The normalized spacial score (nSPS) is 53.0. The van der Waals surface area contributed by atoms with Gasteiger partial charge in [0.2, 0.25) is 0 Å². The second-order valence-electron chi connectivity index (χ2n) is 6.59. The molecule has 0 aromatic rings. The maximum absolute atomic E-state index is 6.24. The molecule has 0 aromatic carbocycles. The summed E-state index contributed by atoms with van der Waals surface area (Å²) >= 11 is 0. The average Bonchev–Trinajstić information content (AvgIpc) is 3.05. The zero-order chi connectivity index (χ0) is 10.5. The average molecular weight is 218 g/mol. The second-order valence-corrected chi connectivity index (χ2v) is 6.59. The number of allylic oxidation sites excluding steroid dienone is 2. The zero-order valence-corrected chi connectivity index (χ0v) is 9.98. The monoisotopic (exact) mass is 218 g/mol. The third-order valence-electron chi connectivity index (χ3n) is 5.61. The van der Waals surface area contributed by atoms with Gasteiger partial charge in [0.05, 0.1) is 12.7 Å².